The highest BCUT2D eigenvalue weighted by atomic mass is 19.1. The lowest BCUT2D eigenvalue weighted by Crippen LogP contribution is -2.08. The Balaban J connectivity index is 2.54. The van der Waals surface area contributed by atoms with E-state index in [0.717, 1.165) is 11.1 Å². The van der Waals surface area contributed by atoms with E-state index < -0.39 is 0 Å². The first-order valence-electron chi connectivity index (χ1n) is 4.49. The van der Waals surface area contributed by atoms with E-state index in [-0.39, 0.29) is 11.4 Å². The largest absolute Gasteiger partial charge is 0.268 e. The fraction of sp³-hybridized carbons (Fsp3) is 0.0909. The number of nitrogens with one attached hydrogen (secondary N) is 1. The molecule has 1 heterocycles. The lowest BCUT2D eigenvalue weighted by atomic mass is 10.1. The van der Waals surface area contributed by atoms with E-state index >= 15 is 0 Å². The quantitative estimate of drug-likeness (QED) is 0.770. The highest BCUT2D eigenvalue weighted by Crippen LogP contribution is 2.18. The lowest BCUT2D eigenvalue weighted by molar-refractivity contribution is 0.628. The van der Waals surface area contributed by atoms with Gasteiger partial charge in [0, 0.05) is 11.6 Å². The van der Waals surface area contributed by atoms with Crippen LogP contribution >= 0.6 is 0 Å². The molecule has 0 saturated carbocycles. The van der Waals surface area contributed by atoms with E-state index in [4.69, 9.17) is 0 Å². The zero-order chi connectivity index (χ0) is 10.8. The van der Waals surface area contributed by atoms with E-state index in [1.165, 1.54) is 18.2 Å². The van der Waals surface area contributed by atoms with Crippen molar-refractivity contribution >= 4 is 0 Å². The molecule has 2 rings (SSSR count). The second kappa shape index (κ2) is 3.65. The molecule has 0 atom stereocenters. The maximum atomic E-state index is 12.7. The van der Waals surface area contributed by atoms with Gasteiger partial charge in [-0.05, 0) is 36.8 Å². The Morgan fingerprint density at radius 3 is 2.53 bits per heavy atom. The number of rotatable bonds is 1. The van der Waals surface area contributed by atoms with E-state index in [1.807, 2.05) is 0 Å². The van der Waals surface area contributed by atoms with Crippen molar-refractivity contribution in [3.05, 3.63) is 52.1 Å². The molecule has 0 aliphatic carbocycles. The van der Waals surface area contributed by atoms with Crippen LogP contribution in [0.25, 0.3) is 11.3 Å². The molecule has 0 saturated heterocycles. The third-order valence-electron chi connectivity index (χ3n) is 2.12. The highest BCUT2D eigenvalue weighted by molar-refractivity contribution is 5.61. The van der Waals surface area contributed by atoms with Crippen LogP contribution in [-0.4, -0.2) is 10.2 Å². The molecular weight excluding hydrogens is 195 g/mol. The predicted molar refractivity (Wildman–Crippen MR) is 55.0 cm³/mol. The second-order valence-corrected chi connectivity index (χ2v) is 3.27. The Bertz CT molecular complexity index is 531. The standard InChI is InChI=1S/C11H9FN2O/c1-7-6-10(15)13-14-11(7)8-2-4-9(12)5-3-8/h2-6H,1H3,(H,13,15). The van der Waals surface area contributed by atoms with Crippen molar-refractivity contribution in [1.29, 1.82) is 0 Å². The first-order chi connectivity index (χ1) is 7.16. The molecule has 4 heteroatoms. The van der Waals surface area contributed by atoms with Crippen molar-refractivity contribution < 1.29 is 4.39 Å². The van der Waals surface area contributed by atoms with Gasteiger partial charge >= 0.3 is 0 Å². The Labute approximate surface area is 85.6 Å². The summed E-state index contributed by atoms with van der Waals surface area (Å²) in [7, 11) is 0. The second-order valence-electron chi connectivity index (χ2n) is 3.27. The highest BCUT2D eigenvalue weighted by Gasteiger charge is 2.03. The van der Waals surface area contributed by atoms with Gasteiger partial charge in [-0.2, -0.15) is 5.10 Å². The molecule has 0 bridgehead atoms. The van der Waals surface area contributed by atoms with E-state index in [1.54, 1.807) is 19.1 Å². The molecule has 0 amide bonds. The molecule has 76 valence electrons. The summed E-state index contributed by atoms with van der Waals surface area (Å²) in [6, 6.07) is 7.45. The molecule has 0 radical (unpaired) electrons. The van der Waals surface area contributed by atoms with Crippen LogP contribution in [0.1, 0.15) is 5.56 Å². The van der Waals surface area contributed by atoms with E-state index in [0.29, 0.717) is 5.69 Å². The van der Waals surface area contributed by atoms with Gasteiger partial charge in [0.05, 0.1) is 5.69 Å². The summed E-state index contributed by atoms with van der Waals surface area (Å²) in [4.78, 5) is 10.9. The normalized spacial score (nSPS) is 10.3. The molecule has 0 unspecified atom stereocenters. The fourth-order valence-electron chi connectivity index (χ4n) is 1.40. The molecule has 0 spiro atoms. The molecule has 1 aromatic carbocycles. The van der Waals surface area contributed by atoms with Crippen molar-refractivity contribution in [2.24, 2.45) is 0 Å². The number of aromatic nitrogens is 2. The number of H-pyrrole nitrogens is 1. The third kappa shape index (κ3) is 1.93. The Hall–Kier alpha value is -1.97. The predicted octanol–water partition coefficient (Wildman–Crippen LogP) is 1.88. The minimum absolute atomic E-state index is 0.238. The summed E-state index contributed by atoms with van der Waals surface area (Å²) in [5, 5.41) is 6.27. The fourth-order valence-corrected chi connectivity index (χ4v) is 1.40. The maximum Gasteiger partial charge on any atom is 0.264 e. The first-order valence-corrected chi connectivity index (χ1v) is 4.49. The zero-order valence-electron chi connectivity index (χ0n) is 8.12. The van der Waals surface area contributed by atoms with Crippen molar-refractivity contribution in [3.63, 3.8) is 0 Å². The van der Waals surface area contributed by atoms with Crippen LogP contribution in [0.5, 0.6) is 0 Å². The van der Waals surface area contributed by atoms with Gasteiger partial charge in [0.15, 0.2) is 0 Å². The van der Waals surface area contributed by atoms with Crippen molar-refractivity contribution in [3.8, 4) is 11.3 Å². The Morgan fingerprint density at radius 1 is 1.27 bits per heavy atom. The summed E-state index contributed by atoms with van der Waals surface area (Å²) < 4.78 is 12.7. The topological polar surface area (TPSA) is 45.8 Å². The summed E-state index contributed by atoms with van der Waals surface area (Å²) >= 11 is 0. The molecule has 15 heavy (non-hydrogen) atoms. The van der Waals surface area contributed by atoms with Crippen LogP contribution < -0.4 is 5.56 Å². The zero-order valence-corrected chi connectivity index (χ0v) is 8.12. The summed E-state index contributed by atoms with van der Waals surface area (Å²) in [5.41, 5.74) is 1.98. The van der Waals surface area contributed by atoms with Crippen LogP contribution in [0.3, 0.4) is 0 Å². The number of benzene rings is 1. The van der Waals surface area contributed by atoms with Crippen LogP contribution in [0.2, 0.25) is 0 Å². The van der Waals surface area contributed by atoms with Gasteiger partial charge in [-0.25, -0.2) is 9.49 Å². The van der Waals surface area contributed by atoms with Gasteiger partial charge in [0.1, 0.15) is 5.82 Å². The van der Waals surface area contributed by atoms with Crippen LogP contribution in [0.15, 0.2) is 35.1 Å². The molecule has 3 nitrogen and oxygen atoms in total. The molecule has 0 fully saturated rings. The Kier molecular flexibility index (Phi) is 2.33. The van der Waals surface area contributed by atoms with Crippen molar-refractivity contribution in [2.75, 3.05) is 0 Å². The smallest absolute Gasteiger partial charge is 0.264 e. The van der Waals surface area contributed by atoms with Gasteiger partial charge < -0.3 is 0 Å². The molecule has 1 N–H and O–H groups in total. The monoisotopic (exact) mass is 204 g/mol. The molecule has 2 aromatic rings. The number of hydrogen-bond acceptors (Lipinski definition) is 2. The van der Waals surface area contributed by atoms with Gasteiger partial charge in [-0.1, -0.05) is 0 Å². The molecule has 0 aliphatic heterocycles. The van der Waals surface area contributed by atoms with Gasteiger partial charge in [-0.3, -0.25) is 4.79 Å². The first kappa shape index (κ1) is 9.58. The summed E-state index contributed by atoms with van der Waals surface area (Å²) in [6.45, 7) is 1.79. The average molecular weight is 204 g/mol. The van der Waals surface area contributed by atoms with Gasteiger partial charge in [0.25, 0.3) is 5.56 Å². The average Bonchev–Trinajstić information content (AvgIpc) is 2.20. The number of hydrogen-bond donors (Lipinski definition) is 1. The van der Waals surface area contributed by atoms with Crippen molar-refractivity contribution in [2.45, 2.75) is 6.92 Å². The van der Waals surface area contributed by atoms with E-state index in [2.05, 4.69) is 10.2 Å². The number of halogens is 1. The summed E-state index contributed by atoms with van der Waals surface area (Å²) in [5.74, 6) is -0.291. The minimum Gasteiger partial charge on any atom is -0.268 e. The summed E-state index contributed by atoms with van der Waals surface area (Å²) in [6.07, 6.45) is 0. The van der Waals surface area contributed by atoms with Crippen LogP contribution in [0, 0.1) is 12.7 Å². The van der Waals surface area contributed by atoms with Gasteiger partial charge in [-0.15, -0.1) is 0 Å². The lowest BCUT2D eigenvalue weighted by Gasteiger charge is -2.02. The Morgan fingerprint density at radius 2 is 1.93 bits per heavy atom. The molecule has 1 aromatic heterocycles. The minimum atomic E-state index is -0.291. The number of aromatic amines is 1. The SMILES string of the molecule is Cc1cc(=O)[nH]nc1-c1ccc(F)cc1. The number of aryl methyl sites for hydroxylation is 1. The number of nitrogens with zero attached hydrogens (tertiary/aromatic N) is 1. The van der Waals surface area contributed by atoms with E-state index in [9.17, 15) is 9.18 Å². The molecular formula is C11H9FN2O. The van der Waals surface area contributed by atoms with Crippen LogP contribution in [0.4, 0.5) is 4.39 Å². The third-order valence-corrected chi connectivity index (χ3v) is 2.12. The van der Waals surface area contributed by atoms with Gasteiger partial charge in [0.2, 0.25) is 0 Å². The van der Waals surface area contributed by atoms with Crippen molar-refractivity contribution in [1.82, 2.24) is 10.2 Å². The van der Waals surface area contributed by atoms with Crippen LogP contribution in [-0.2, 0) is 0 Å². The molecule has 0 aliphatic rings. The maximum absolute atomic E-state index is 12.7.